The Morgan fingerprint density at radius 3 is 2.56 bits per heavy atom. The van der Waals surface area contributed by atoms with Gasteiger partial charge in [-0.3, -0.25) is 4.79 Å². The quantitative estimate of drug-likeness (QED) is 0.569. The van der Waals surface area contributed by atoms with Gasteiger partial charge in [-0.15, -0.1) is 0 Å². The second kappa shape index (κ2) is 4.64. The molecule has 0 aromatic carbocycles. The smallest absolute Gasteiger partial charge is 0.306 e. The van der Waals surface area contributed by atoms with E-state index in [1.54, 1.807) is 0 Å². The summed E-state index contributed by atoms with van der Waals surface area (Å²) in [5.74, 6) is 0.510. The van der Waals surface area contributed by atoms with E-state index >= 15 is 0 Å². The fourth-order valence-corrected chi connectivity index (χ4v) is 4.02. The topological polar surface area (TPSA) is 35.5 Å². The minimum atomic E-state index is -1.76. The normalized spacial score (nSPS) is 33.2. The van der Waals surface area contributed by atoms with Gasteiger partial charge in [-0.1, -0.05) is 20.8 Å². The zero-order valence-electron chi connectivity index (χ0n) is 12.3. The monoisotopic (exact) mass is 270 g/mol. The SMILES string of the molecule is CC(C)(C)[Si](C)(C)O[C@@H]1CC[C@H]2CC(=O)O[C@@H]1C2. The fourth-order valence-electron chi connectivity index (χ4n) is 2.64. The highest BCUT2D eigenvalue weighted by atomic mass is 28.4. The van der Waals surface area contributed by atoms with Gasteiger partial charge in [0.15, 0.2) is 8.32 Å². The number of carbonyl (C=O) groups is 1. The van der Waals surface area contributed by atoms with Gasteiger partial charge in [0.05, 0.1) is 6.10 Å². The summed E-state index contributed by atoms with van der Waals surface area (Å²) in [5.41, 5.74) is 0. The molecular formula is C14H26O3Si. The molecule has 0 aromatic heterocycles. The fraction of sp³-hybridized carbons (Fsp3) is 0.929. The third-order valence-corrected chi connectivity index (χ3v) is 9.33. The maximum Gasteiger partial charge on any atom is 0.306 e. The van der Waals surface area contributed by atoms with Crippen LogP contribution in [0.3, 0.4) is 0 Å². The molecule has 3 atom stereocenters. The Hall–Kier alpha value is -0.353. The van der Waals surface area contributed by atoms with E-state index in [2.05, 4.69) is 33.9 Å². The number of hydrogen-bond donors (Lipinski definition) is 0. The summed E-state index contributed by atoms with van der Waals surface area (Å²) < 4.78 is 11.9. The molecule has 3 nitrogen and oxygen atoms in total. The third kappa shape index (κ3) is 2.80. The van der Waals surface area contributed by atoms with Gasteiger partial charge >= 0.3 is 5.97 Å². The van der Waals surface area contributed by atoms with Crippen LogP contribution in [-0.2, 0) is 14.0 Å². The minimum Gasteiger partial charge on any atom is -0.460 e. The molecule has 0 aromatic rings. The van der Waals surface area contributed by atoms with Gasteiger partial charge in [-0.25, -0.2) is 0 Å². The van der Waals surface area contributed by atoms with Gasteiger partial charge in [-0.2, -0.15) is 0 Å². The summed E-state index contributed by atoms with van der Waals surface area (Å²) in [6, 6.07) is 0. The molecule has 1 heterocycles. The average molecular weight is 270 g/mol. The maximum atomic E-state index is 11.5. The highest BCUT2D eigenvalue weighted by molar-refractivity contribution is 6.74. The lowest BCUT2D eigenvalue weighted by Crippen LogP contribution is -2.51. The van der Waals surface area contributed by atoms with Crippen molar-refractivity contribution in [2.45, 2.75) is 76.8 Å². The Bertz CT molecular complexity index is 332. The molecule has 2 bridgehead atoms. The third-order valence-electron chi connectivity index (χ3n) is 4.83. The average Bonchev–Trinajstić information content (AvgIpc) is 2.20. The van der Waals surface area contributed by atoms with Crippen LogP contribution in [0.1, 0.15) is 46.5 Å². The van der Waals surface area contributed by atoms with Crippen LogP contribution in [0.25, 0.3) is 0 Å². The van der Waals surface area contributed by atoms with Crippen molar-refractivity contribution >= 4 is 14.3 Å². The summed E-state index contributed by atoms with van der Waals surface area (Å²) in [6.07, 6.45) is 3.93. The van der Waals surface area contributed by atoms with Gasteiger partial charge in [0.25, 0.3) is 0 Å². The molecule has 1 aliphatic carbocycles. The molecule has 2 rings (SSSR count). The number of fused-ring (bicyclic) bond motifs is 2. The van der Waals surface area contributed by atoms with Crippen molar-refractivity contribution in [1.29, 1.82) is 0 Å². The standard InChI is InChI=1S/C14H26O3Si/c1-14(2,3)18(4,5)17-11-7-6-10-8-12(11)16-13(15)9-10/h10-12H,6-9H2,1-5H3/t10-,11-,12-/m1/s1. The molecule has 1 aliphatic heterocycles. The van der Waals surface area contributed by atoms with Crippen molar-refractivity contribution in [3.05, 3.63) is 0 Å². The van der Waals surface area contributed by atoms with E-state index in [-0.39, 0.29) is 23.2 Å². The summed E-state index contributed by atoms with van der Waals surface area (Å²) in [4.78, 5) is 11.5. The molecule has 2 fully saturated rings. The number of rotatable bonds is 2. The Kier molecular flexibility index (Phi) is 3.62. The van der Waals surface area contributed by atoms with Gasteiger partial charge in [0, 0.05) is 6.42 Å². The predicted octanol–water partition coefficient (Wildman–Crippen LogP) is 3.49. The molecular weight excluding hydrogens is 244 g/mol. The summed E-state index contributed by atoms with van der Waals surface area (Å²) >= 11 is 0. The first-order valence-electron chi connectivity index (χ1n) is 7.06. The first-order chi connectivity index (χ1) is 8.19. The van der Waals surface area contributed by atoms with Crippen molar-refractivity contribution in [3.8, 4) is 0 Å². The highest BCUT2D eigenvalue weighted by Crippen LogP contribution is 2.41. The van der Waals surface area contributed by atoms with E-state index in [4.69, 9.17) is 9.16 Å². The molecule has 2 aliphatic rings. The van der Waals surface area contributed by atoms with E-state index in [0.29, 0.717) is 12.3 Å². The molecule has 0 spiro atoms. The maximum absolute atomic E-state index is 11.5. The number of ether oxygens (including phenoxy) is 1. The molecule has 0 amide bonds. The van der Waals surface area contributed by atoms with Gasteiger partial charge in [0.1, 0.15) is 6.10 Å². The molecule has 1 saturated carbocycles. The van der Waals surface area contributed by atoms with Crippen LogP contribution < -0.4 is 0 Å². The lowest BCUT2D eigenvalue weighted by atomic mass is 9.81. The van der Waals surface area contributed by atoms with E-state index in [1.165, 1.54) is 0 Å². The number of esters is 1. The lowest BCUT2D eigenvalue weighted by Gasteiger charge is -2.45. The largest absolute Gasteiger partial charge is 0.460 e. The minimum absolute atomic E-state index is 0.0131. The van der Waals surface area contributed by atoms with Crippen molar-refractivity contribution in [2.24, 2.45) is 5.92 Å². The number of carbonyl (C=O) groups excluding carboxylic acids is 1. The Labute approximate surface area is 111 Å². The lowest BCUT2D eigenvalue weighted by molar-refractivity contribution is -0.169. The molecule has 1 saturated heterocycles. The predicted molar refractivity (Wildman–Crippen MR) is 73.9 cm³/mol. The van der Waals surface area contributed by atoms with Crippen LogP contribution in [0.4, 0.5) is 0 Å². The van der Waals surface area contributed by atoms with E-state index < -0.39 is 8.32 Å². The molecule has 18 heavy (non-hydrogen) atoms. The second-order valence-electron chi connectivity index (χ2n) is 7.33. The van der Waals surface area contributed by atoms with Crippen molar-refractivity contribution in [1.82, 2.24) is 0 Å². The summed E-state index contributed by atoms with van der Waals surface area (Å²) in [7, 11) is -1.76. The van der Waals surface area contributed by atoms with E-state index in [1.807, 2.05) is 0 Å². The molecule has 0 radical (unpaired) electrons. The van der Waals surface area contributed by atoms with Crippen LogP contribution >= 0.6 is 0 Å². The van der Waals surface area contributed by atoms with Crippen molar-refractivity contribution < 1.29 is 14.0 Å². The van der Waals surface area contributed by atoms with Crippen molar-refractivity contribution in [3.63, 3.8) is 0 Å². The van der Waals surface area contributed by atoms with Crippen LogP contribution in [-0.4, -0.2) is 26.5 Å². The van der Waals surface area contributed by atoms with E-state index in [0.717, 1.165) is 19.3 Å². The zero-order chi connectivity index (χ0) is 13.6. The Balaban J connectivity index is 2.04. The Morgan fingerprint density at radius 1 is 1.28 bits per heavy atom. The molecule has 0 N–H and O–H groups in total. The summed E-state index contributed by atoms with van der Waals surface area (Å²) in [6.45, 7) is 11.3. The van der Waals surface area contributed by atoms with Crippen LogP contribution in [0.2, 0.25) is 18.1 Å². The highest BCUT2D eigenvalue weighted by Gasteiger charge is 2.45. The second-order valence-corrected chi connectivity index (χ2v) is 12.1. The first kappa shape index (κ1) is 14.1. The van der Waals surface area contributed by atoms with Crippen LogP contribution in [0, 0.1) is 5.92 Å². The van der Waals surface area contributed by atoms with Crippen LogP contribution in [0.5, 0.6) is 0 Å². The van der Waals surface area contributed by atoms with Gasteiger partial charge in [0.2, 0.25) is 0 Å². The number of hydrogen-bond acceptors (Lipinski definition) is 3. The van der Waals surface area contributed by atoms with Gasteiger partial charge in [-0.05, 0) is 43.3 Å². The van der Waals surface area contributed by atoms with Gasteiger partial charge < -0.3 is 9.16 Å². The van der Waals surface area contributed by atoms with E-state index in [9.17, 15) is 4.79 Å². The summed E-state index contributed by atoms with van der Waals surface area (Å²) in [5, 5.41) is 0.211. The molecule has 104 valence electrons. The molecule has 0 unspecified atom stereocenters. The Morgan fingerprint density at radius 2 is 1.94 bits per heavy atom. The first-order valence-corrected chi connectivity index (χ1v) is 9.97. The van der Waals surface area contributed by atoms with Crippen LogP contribution in [0.15, 0.2) is 0 Å². The zero-order valence-corrected chi connectivity index (χ0v) is 13.3. The molecule has 4 heteroatoms. The van der Waals surface area contributed by atoms with Crippen molar-refractivity contribution in [2.75, 3.05) is 0 Å².